The minimum absolute atomic E-state index is 0.0761. The van der Waals surface area contributed by atoms with Crippen molar-refractivity contribution in [3.63, 3.8) is 0 Å². The molecular formula is C28H33NO4. The van der Waals surface area contributed by atoms with Crippen LogP contribution in [0.5, 0.6) is 0 Å². The van der Waals surface area contributed by atoms with E-state index in [2.05, 4.69) is 29.2 Å². The fourth-order valence-corrected chi connectivity index (χ4v) is 3.78. The Kier molecular flexibility index (Phi) is 10.1. The molecule has 3 aromatic rings. The molecule has 0 amide bonds. The van der Waals surface area contributed by atoms with Gasteiger partial charge in [0.2, 0.25) is 0 Å². The molecule has 3 aromatic carbocycles. The molecule has 2 atom stereocenters. The molecule has 3 rings (SSSR count). The number of esters is 1. The largest absolute Gasteiger partial charge is 0.466 e. The molecule has 0 heterocycles. The molecule has 5 heteroatoms. The van der Waals surface area contributed by atoms with Crippen LogP contribution in [0.25, 0.3) is 0 Å². The first kappa shape index (κ1) is 24.6. The summed E-state index contributed by atoms with van der Waals surface area (Å²) in [4.78, 5) is 14.3. The summed E-state index contributed by atoms with van der Waals surface area (Å²) in [5, 5.41) is 11.1. The first-order chi connectivity index (χ1) is 16.2. The predicted octanol–water partition coefficient (Wildman–Crippen LogP) is 4.59. The maximum Gasteiger partial charge on any atom is 0.308 e. The maximum absolute atomic E-state index is 12.2. The number of aliphatic hydroxyl groups excluding tert-OH is 1. The molecule has 0 saturated carbocycles. The van der Waals surface area contributed by atoms with Gasteiger partial charge in [0.05, 0.1) is 38.4 Å². The Labute approximate surface area is 196 Å². The van der Waals surface area contributed by atoms with E-state index < -0.39 is 18.1 Å². The van der Waals surface area contributed by atoms with E-state index in [0.717, 1.165) is 16.7 Å². The lowest BCUT2D eigenvalue weighted by atomic mass is 10.0. The highest BCUT2D eigenvalue weighted by molar-refractivity contribution is 5.70. The van der Waals surface area contributed by atoms with Crippen molar-refractivity contribution in [2.45, 2.75) is 45.2 Å². The monoisotopic (exact) mass is 447 g/mol. The second-order valence-electron chi connectivity index (χ2n) is 8.02. The average molecular weight is 448 g/mol. The van der Waals surface area contributed by atoms with Gasteiger partial charge in [0, 0.05) is 13.1 Å². The Morgan fingerprint density at radius 1 is 0.818 bits per heavy atom. The molecule has 0 aromatic heterocycles. The fourth-order valence-electron chi connectivity index (χ4n) is 3.78. The number of hydrogen-bond donors (Lipinski definition) is 1. The van der Waals surface area contributed by atoms with Gasteiger partial charge in [0.15, 0.2) is 0 Å². The maximum atomic E-state index is 12.2. The summed E-state index contributed by atoms with van der Waals surface area (Å²) in [6.07, 6.45) is -1.000. The zero-order valence-electron chi connectivity index (χ0n) is 19.2. The summed E-state index contributed by atoms with van der Waals surface area (Å²) in [5.41, 5.74) is 3.32. The molecule has 33 heavy (non-hydrogen) atoms. The van der Waals surface area contributed by atoms with Gasteiger partial charge in [-0.15, -0.1) is 0 Å². The number of hydrogen-bond acceptors (Lipinski definition) is 5. The first-order valence-electron chi connectivity index (χ1n) is 11.4. The summed E-state index contributed by atoms with van der Waals surface area (Å²) < 4.78 is 11.1. The van der Waals surface area contributed by atoms with E-state index in [1.165, 1.54) is 0 Å². The van der Waals surface area contributed by atoms with Crippen molar-refractivity contribution in [2.24, 2.45) is 0 Å². The summed E-state index contributed by atoms with van der Waals surface area (Å²) >= 11 is 0. The lowest BCUT2D eigenvalue weighted by Gasteiger charge is -2.35. The number of nitrogens with zero attached hydrogens (tertiary/aromatic N) is 1. The molecule has 174 valence electrons. The van der Waals surface area contributed by atoms with E-state index >= 15 is 0 Å². The number of aliphatic hydroxyl groups is 1. The topological polar surface area (TPSA) is 59.0 Å². The van der Waals surface area contributed by atoms with Gasteiger partial charge in [-0.25, -0.2) is 0 Å². The van der Waals surface area contributed by atoms with E-state index in [9.17, 15) is 9.90 Å². The Morgan fingerprint density at radius 3 is 1.79 bits per heavy atom. The summed E-state index contributed by atoms with van der Waals surface area (Å²) in [5.74, 6) is -0.405. The average Bonchev–Trinajstić information content (AvgIpc) is 2.83. The van der Waals surface area contributed by atoms with Crippen LogP contribution < -0.4 is 0 Å². The number of rotatable bonds is 13. The second-order valence-corrected chi connectivity index (χ2v) is 8.02. The lowest BCUT2D eigenvalue weighted by molar-refractivity contribution is -0.147. The van der Waals surface area contributed by atoms with Crippen LogP contribution in [-0.2, 0) is 34.0 Å². The third-order valence-electron chi connectivity index (χ3n) is 5.45. The number of benzene rings is 3. The van der Waals surface area contributed by atoms with Crippen LogP contribution in [0, 0.1) is 0 Å². The van der Waals surface area contributed by atoms with Crippen LogP contribution in [0.1, 0.15) is 30.0 Å². The fraction of sp³-hybridized carbons (Fsp3) is 0.321. The molecule has 5 nitrogen and oxygen atoms in total. The normalized spacial score (nSPS) is 12.9. The molecule has 1 N–H and O–H groups in total. The van der Waals surface area contributed by atoms with Crippen molar-refractivity contribution in [1.29, 1.82) is 0 Å². The molecule has 0 aliphatic heterocycles. The van der Waals surface area contributed by atoms with E-state index in [1.54, 1.807) is 6.92 Å². The number of carbonyl (C=O) groups is 1. The number of ether oxygens (including phenoxy) is 2. The van der Waals surface area contributed by atoms with Crippen molar-refractivity contribution in [3.05, 3.63) is 108 Å². The van der Waals surface area contributed by atoms with E-state index in [-0.39, 0.29) is 13.0 Å². The van der Waals surface area contributed by atoms with E-state index in [1.807, 2.05) is 66.7 Å². The van der Waals surface area contributed by atoms with Crippen LogP contribution in [-0.4, -0.2) is 41.3 Å². The van der Waals surface area contributed by atoms with Crippen LogP contribution in [0.2, 0.25) is 0 Å². The quantitative estimate of drug-likeness (QED) is 0.389. The van der Waals surface area contributed by atoms with Crippen LogP contribution >= 0.6 is 0 Å². The summed E-state index contributed by atoms with van der Waals surface area (Å²) in [6, 6.07) is 29.8. The predicted molar refractivity (Wildman–Crippen MR) is 129 cm³/mol. The smallest absolute Gasteiger partial charge is 0.308 e. The Bertz CT molecular complexity index is 892. The SMILES string of the molecule is CCOC(=O)C[C@@H](O)[C@@H](COCc1ccccc1)N(Cc1ccccc1)Cc1ccccc1. The van der Waals surface area contributed by atoms with Gasteiger partial charge in [-0.3, -0.25) is 9.69 Å². The lowest BCUT2D eigenvalue weighted by Crippen LogP contribution is -2.47. The van der Waals surface area contributed by atoms with Crippen molar-refractivity contribution in [1.82, 2.24) is 4.90 Å². The van der Waals surface area contributed by atoms with Crippen LogP contribution in [0.15, 0.2) is 91.0 Å². The molecule has 0 radical (unpaired) electrons. The standard InChI is InChI=1S/C28H33NO4/c1-2-33-28(31)18-27(30)26(22-32-21-25-16-10-5-11-17-25)29(19-23-12-6-3-7-13-23)20-24-14-8-4-9-15-24/h3-17,26-27,30H,2,18-22H2,1H3/t26-,27-/m1/s1. The molecule has 0 bridgehead atoms. The molecule has 0 unspecified atom stereocenters. The Balaban J connectivity index is 1.80. The highest BCUT2D eigenvalue weighted by Crippen LogP contribution is 2.19. The van der Waals surface area contributed by atoms with Gasteiger partial charge in [-0.2, -0.15) is 0 Å². The minimum atomic E-state index is -0.924. The van der Waals surface area contributed by atoms with Crippen molar-refractivity contribution < 1.29 is 19.4 Å². The van der Waals surface area contributed by atoms with Crippen molar-refractivity contribution in [2.75, 3.05) is 13.2 Å². The van der Waals surface area contributed by atoms with Gasteiger partial charge < -0.3 is 14.6 Å². The zero-order valence-corrected chi connectivity index (χ0v) is 19.2. The third-order valence-corrected chi connectivity index (χ3v) is 5.45. The first-order valence-corrected chi connectivity index (χ1v) is 11.4. The van der Waals surface area contributed by atoms with Crippen LogP contribution in [0.4, 0.5) is 0 Å². The summed E-state index contributed by atoms with van der Waals surface area (Å²) in [6.45, 7) is 4.02. The molecular weight excluding hydrogens is 414 g/mol. The second kappa shape index (κ2) is 13.5. The molecule has 0 aliphatic rings. The Hall–Kier alpha value is -2.99. The van der Waals surface area contributed by atoms with Gasteiger partial charge in [0.25, 0.3) is 0 Å². The Morgan fingerprint density at radius 2 is 1.30 bits per heavy atom. The van der Waals surface area contributed by atoms with Gasteiger partial charge >= 0.3 is 5.97 Å². The minimum Gasteiger partial charge on any atom is -0.466 e. The summed E-state index contributed by atoms with van der Waals surface area (Å²) in [7, 11) is 0. The van der Waals surface area contributed by atoms with Crippen molar-refractivity contribution >= 4 is 5.97 Å². The highest BCUT2D eigenvalue weighted by Gasteiger charge is 2.29. The van der Waals surface area contributed by atoms with Gasteiger partial charge in [-0.1, -0.05) is 91.0 Å². The third kappa shape index (κ3) is 8.46. The van der Waals surface area contributed by atoms with Crippen molar-refractivity contribution in [3.8, 4) is 0 Å². The number of carbonyl (C=O) groups excluding carboxylic acids is 1. The zero-order chi connectivity index (χ0) is 23.3. The van der Waals surface area contributed by atoms with Gasteiger partial charge in [-0.05, 0) is 23.6 Å². The molecule has 0 fully saturated rings. The molecule has 0 saturated heterocycles. The molecule has 0 aliphatic carbocycles. The molecule has 0 spiro atoms. The van der Waals surface area contributed by atoms with Gasteiger partial charge in [0.1, 0.15) is 0 Å². The van der Waals surface area contributed by atoms with E-state index in [0.29, 0.717) is 26.3 Å². The highest BCUT2D eigenvalue weighted by atomic mass is 16.5. The van der Waals surface area contributed by atoms with Crippen LogP contribution in [0.3, 0.4) is 0 Å². The van der Waals surface area contributed by atoms with E-state index in [4.69, 9.17) is 9.47 Å².